The molecule has 1 aliphatic rings. The van der Waals surface area contributed by atoms with Crippen LogP contribution in [0.3, 0.4) is 0 Å². The Morgan fingerprint density at radius 1 is 1.46 bits per heavy atom. The number of hydrogen-bond donors (Lipinski definition) is 1. The van der Waals surface area contributed by atoms with Crippen LogP contribution in [0.2, 0.25) is 0 Å². The average Bonchev–Trinajstić information content (AvgIpc) is 2.48. The molecular formula is C9H12N2O2. The molecule has 0 radical (unpaired) electrons. The number of fused-ring (bicyclic) bond motifs is 1. The second kappa shape index (κ2) is 3.20. The van der Waals surface area contributed by atoms with E-state index in [2.05, 4.69) is 10.5 Å². The molecule has 4 nitrogen and oxygen atoms in total. The lowest BCUT2D eigenvalue weighted by Gasteiger charge is -2.08. The van der Waals surface area contributed by atoms with Gasteiger partial charge in [0, 0.05) is 12.5 Å². The highest BCUT2D eigenvalue weighted by molar-refractivity contribution is 5.87. The number of aryl methyl sites for hydroxylation is 1. The number of rotatable bonds is 1. The predicted octanol–water partition coefficient (Wildman–Crippen LogP) is 1.51. The quantitative estimate of drug-likeness (QED) is 0.712. The van der Waals surface area contributed by atoms with Gasteiger partial charge in [-0.1, -0.05) is 5.16 Å². The van der Waals surface area contributed by atoms with Gasteiger partial charge >= 0.3 is 0 Å². The van der Waals surface area contributed by atoms with Crippen LogP contribution in [-0.2, 0) is 17.6 Å². The Bertz CT molecular complexity index is 330. The van der Waals surface area contributed by atoms with E-state index in [1.165, 1.54) is 13.3 Å². The molecule has 1 aromatic heterocycles. The molecule has 70 valence electrons. The summed E-state index contributed by atoms with van der Waals surface area (Å²) in [5.74, 6) is 0.437. The van der Waals surface area contributed by atoms with Gasteiger partial charge in [0.05, 0.1) is 5.69 Å². The van der Waals surface area contributed by atoms with Gasteiger partial charge in [-0.2, -0.15) is 0 Å². The van der Waals surface area contributed by atoms with E-state index in [4.69, 9.17) is 4.52 Å². The summed E-state index contributed by atoms with van der Waals surface area (Å²) >= 11 is 0. The van der Waals surface area contributed by atoms with Crippen LogP contribution < -0.4 is 5.32 Å². The number of amides is 1. The monoisotopic (exact) mass is 180 g/mol. The Kier molecular flexibility index (Phi) is 2.04. The molecule has 4 heteroatoms. The van der Waals surface area contributed by atoms with Crippen molar-refractivity contribution in [3.05, 3.63) is 11.3 Å². The third-order valence-electron chi connectivity index (χ3n) is 2.25. The Labute approximate surface area is 76.3 Å². The number of aromatic nitrogens is 1. The van der Waals surface area contributed by atoms with Crippen LogP contribution in [0, 0.1) is 0 Å². The fourth-order valence-electron chi connectivity index (χ4n) is 1.65. The maximum atomic E-state index is 10.8. The molecule has 2 rings (SSSR count). The van der Waals surface area contributed by atoms with Crippen molar-refractivity contribution >= 4 is 11.8 Å². The molecule has 0 saturated heterocycles. The molecule has 1 aliphatic carbocycles. The molecule has 1 heterocycles. The van der Waals surface area contributed by atoms with E-state index >= 15 is 0 Å². The summed E-state index contributed by atoms with van der Waals surface area (Å²) in [5.41, 5.74) is 2.09. The fraction of sp³-hybridized carbons (Fsp3) is 0.556. The lowest BCUT2D eigenvalue weighted by Crippen LogP contribution is -2.08. The van der Waals surface area contributed by atoms with E-state index in [-0.39, 0.29) is 5.91 Å². The molecule has 0 aromatic carbocycles. The van der Waals surface area contributed by atoms with Crippen LogP contribution in [0.4, 0.5) is 5.88 Å². The van der Waals surface area contributed by atoms with Crippen molar-refractivity contribution in [3.8, 4) is 0 Å². The number of nitrogens with zero attached hydrogens (tertiary/aromatic N) is 1. The topological polar surface area (TPSA) is 55.1 Å². The van der Waals surface area contributed by atoms with Crippen molar-refractivity contribution in [2.45, 2.75) is 32.6 Å². The third-order valence-corrected chi connectivity index (χ3v) is 2.25. The van der Waals surface area contributed by atoms with E-state index < -0.39 is 0 Å². The van der Waals surface area contributed by atoms with Gasteiger partial charge in [-0.05, 0) is 25.7 Å². The minimum absolute atomic E-state index is 0.107. The highest BCUT2D eigenvalue weighted by Gasteiger charge is 2.19. The van der Waals surface area contributed by atoms with Crippen LogP contribution >= 0.6 is 0 Å². The summed E-state index contributed by atoms with van der Waals surface area (Å²) in [6.07, 6.45) is 4.26. The van der Waals surface area contributed by atoms with Gasteiger partial charge in [0.15, 0.2) is 0 Å². The first-order chi connectivity index (χ1) is 6.27. The molecule has 1 amide bonds. The normalized spacial score (nSPS) is 15.2. The lowest BCUT2D eigenvalue weighted by molar-refractivity contribution is -0.114. The standard InChI is InChI=1S/C9H12N2O2/c1-6(12)10-9-7-4-2-3-5-8(7)11-13-9/h2-5H2,1H3,(H,10,12). The maximum Gasteiger partial charge on any atom is 0.234 e. The molecule has 0 saturated carbocycles. The van der Waals surface area contributed by atoms with Crippen LogP contribution in [-0.4, -0.2) is 11.1 Å². The van der Waals surface area contributed by atoms with Crippen LogP contribution in [0.5, 0.6) is 0 Å². The van der Waals surface area contributed by atoms with Gasteiger partial charge in [-0.25, -0.2) is 0 Å². The molecule has 0 fully saturated rings. The highest BCUT2D eigenvalue weighted by atomic mass is 16.5. The molecule has 0 spiro atoms. The molecule has 0 aliphatic heterocycles. The van der Waals surface area contributed by atoms with Crippen LogP contribution in [0.15, 0.2) is 4.52 Å². The van der Waals surface area contributed by atoms with Gasteiger partial charge in [-0.15, -0.1) is 0 Å². The zero-order valence-electron chi connectivity index (χ0n) is 7.59. The van der Waals surface area contributed by atoms with Gasteiger partial charge < -0.3 is 4.52 Å². The minimum Gasteiger partial charge on any atom is -0.338 e. The molecule has 13 heavy (non-hydrogen) atoms. The summed E-state index contributed by atoms with van der Waals surface area (Å²) in [5, 5.41) is 6.56. The SMILES string of the molecule is CC(=O)Nc1onc2c1CCCC2. The zero-order chi connectivity index (χ0) is 9.26. The first kappa shape index (κ1) is 8.29. The van der Waals surface area contributed by atoms with Crippen molar-refractivity contribution in [1.82, 2.24) is 5.16 Å². The van der Waals surface area contributed by atoms with Crippen molar-refractivity contribution < 1.29 is 9.32 Å². The van der Waals surface area contributed by atoms with E-state index in [1.54, 1.807) is 0 Å². The Balaban J connectivity index is 2.26. The van der Waals surface area contributed by atoms with E-state index in [0.717, 1.165) is 30.5 Å². The van der Waals surface area contributed by atoms with E-state index in [0.29, 0.717) is 5.88 Å². The Hall–Kier alpha value is -1.32. The van der Waals surface area contributed by atoms with Crippen molar-refractivity contribution in [2.75, 3.05) is 5.32 Å². The van der Waals surface area contributed by atoms with Crippen molar-refractivity contribution in [3.63, 3.8) is 0 Å². The molecular weight excluding hydrogens is 168 g/mol. The summed E-state index contributed by atoms with van der Waals surface area (Å²) in [6, 6.07) is 0. The van der Waals surface area contributed by atoms with Crippen molar-refractivity contribution in [2.24, 2.45) is 0 Å². The second-order valence-corrected chi connectivity index (χ2v) is 3.33. The van der Waals surface area contributed by atoms with E-state index in [1.807, 2.05) is 0 Å². The average molecular weight is 180 g/mol. The molecule has 0 bridgehead atoms. The minimum atomic E-state index is -0.107. The first-order valence-electron chi connectivity index (χ1n) is 4.52. The molecule has 1 N–H and O–H groups in total. The highest BCUT2D eigenvalue weighted by Crippen LogP contribution is 2.27. The van der Waals surface area contributed by atoms with Crippen LogP contribution in [0.25, 0.3) is 0 Å². The number of nitrogens with one attached hydrogen (secondary N) is 1. The molecule has 0 atom stereocenters. The maximum absolute atomic E-state index is 10.8. The van der Waals surface area contributed by atoms with Crippen molar-refractivity contribution in [1.29, 1.82) is 0 Å². The zero-order valence-corrected chi connectivity index (χ0v) is 7.59. The summed E-state index contributed by atoms with van der Waals surface area (Å²) < 4.78 is 5.05. The Morgan fingerprint density at radius 2 is 2.23 bits per heavy atom. The van der Waals surface area contributed by atoms with Crippen LogP contribution in [0.1, 0.15) is 31.0 Å². The number of carbonyl (C=O) groups is 1. The number of carbonyl (C=O) groups excluding carboxylic acids is 1. The smallest absolute Gasteiger partial charge is 0.234 e. The number of hydrogen-bond acceptors (Lipinski definition) is 3. The predicted molar refractivity (Wildman–Crippen MR) is 47.4 cm³/mol. The van der Waals surface area contributed by atoms with Gasteiger partial charge in [0.1, 0.15) is 0 Å². The second-order valence-electron chi connectivity index (χ2n) is 3.33. The summed E-state index contributed by atoms with van der Waals surface area (Å²) in [7, 11) is 0. The largest absolute Gasteiger partial charge is 0.338 e. The van der Waals surface area contributed by atoms with Gasteiger partial charge in [-0.3, -0.25) is 10.1 Å². The first-order valence-corrected chi connectivity index (χ1v) is 4.52. The Morgan fingerprint density at radius 3 is 3.00 bits per heavy atom. The lowest BCUT2D eigenvalue weighted by atomic mass is 9.98. The molecule has 0 unspecified atom stereocenters. The van der Waals surface area contributed by atoms with Gasteiger partial charge in [0.2, 0.25) is 11.8 Å². The summed E-state index contributed by atoms with van der Waals surface area (Å²) in [4.78, 5) is 10.8. The third kappa shape index (κ3) is 1.56. The van der Waals surface area contributed by atoms with E-state index in [9.17, 15) is 4.79 Å². The van der Waals surface area contributed by atoms with Gasteiger partial charge in [0.25, 0.3) is 0 Å². The number of anilines is 1. The summed E-state index contributed by atoms with van der Waals surface area (Å²) in [6.45, 7) is 1.47. The molecule has 1 aromatic rings. The fourth-order valence-corrected chi connectivity index (χ4v) is 1.65.